The molecule has 2 saturated heterocycles. The highest BCUT2D eigenvalue weighted by Crippen LogP contribution is 2.42. The van der Waals surface area contributed by atoms with E-state index in [0.717, 1.165) is 25.7 Å². The summed E-state index contributed by atoms with van der Waals surface area (Å²) >= 11 is 0. The number of likely N-dealkylation sites (tertiary alicyclic amines) is 2. The van der Waals surface area contributed by atoms with Gasteiger partial charge in [-0.3, -0.25) is 9.59 Å². The summed E-state index contributed by atoms with van der Waals surface area (Å²) in [5.41, 5.74) is -1.39. The van der Waals surface area contributed by atoms with Crippen molar-refractivity contribution in [1.29, 1.82) is 0 Å². The molecule has 4 rings (SSSR count). The maximum atomic E-state index is 14.9. The summed E-state index contributed by atoms with van der Waals surface area (Å²) in [6, 6.07) is 0. The number of carbonyl (C=O) groups excluding carboxylic acids is 2. The Morgan fingerprint density at radius 2 is 1.76 bits per heavy atom. The third-order valence-electron chi connectivity index (χ3n) is 5.91. The predicted octanol–water partition coefficient (Wildman–Crippen LogP) is 1.16. The van der Waals surface area contributed by atoms with E-state index in [1.165, 1.54) is 11.0 Å². The van der Waals surface area contributed by atoms with Gasteiger partial charge in [0.1, 0.15) is 0 Å². The van der Waals surface area contributed by atoms with Crippen LogP contribution < -0.4 is 0 Å². The van der Waals surface area contributed by atoms with Crippen LogP contribution in [-0.2, 0) is 11.8 Å². The van der Waals surface area contributed by atoms with Gasteiger partial charge in [0.15, 0.2) is 11.4 Å². The Balaban J connectivity index is 1.36. The molecular weight excluding hydrogens is 325 g/mol. The third-order valence-corrected chi connectivity index (χ3v) is 5.91. The summed E-state index contributed by atoms with van der Waals surface area (Å²) in [4.78, 5) is 29.8. The molecule has 0 atom stereocenters. The Hall–Kier alpha value is -1.99. The molecule has 0 unspecified atom stereocenters. The first-order chi connectivity index (χ1) is 11.9. The second-order valence-corrected chi connectivity index (χ2v) is 7.88. The Kier molecular flexibility index (Phi) is 3.81. The minimum Gasteiger partial charge on any atom is -0.339 e. The van der Waals surface area contributed by atoms with Crippen molar-refractivity contribution in [3.63, 3.8) is 0 Å². The summed E-state index contributed by atoms with van der Waals surface area (Å²) in [6.07, 6.45) is 5.61. The fourth-order valence-corrected chi connectivity index (χ4v) is 4.49. The number of aryl methyl sites for hydroxylation is 1. The van der Waals surface area contributed by atoms with Gasteiger partial charge in [-0.2, -0.15) is 9.90 Å². The lowest BCUT2D eigenvalue weighted by Crippen LogP contribution is -2.60. The molecule has 3 aliphatic rings. The molecule has 0 N–H and O–H groups in total. The smallest absolute Gasteiger partial charge is 0.276 e. The second kappa shape index (κ2) is 5.78. The Labute approximate surface area is 146 Å². The number of aromatic nitrogens is 3. The highest BCUT2D eigenvalue weighted by Gasteiger charge is 2.53. The van der Waals surface area contributed by atoms with Crippen molar-refractivity contribution >= 4 is 11.8 Å². The van der Waals surface area contributed by atoms with E-state index in [2.05, 4.69) is 10.2 Å². The second-order valence-electron chi connectivity index (χ2n) is 7.88. The topological polar surface area (TPSA) is 71.3 Å². The molecule has 8 heteroatoms. The Morgan fingerprint density at radius 1 is 1.08 bits per heavy atom. The SMILES string of the molecule is Cn1ncc(C(=O)N2CC3(CCN(C(=O)C4(F)CCCCC4)C3)C2)n1. The quantitative estimate of drug-likeness (QED) is 0.803. The van der Waals surface area contributed by atoms with Gasteiger partial charge in [0.25, 0.3) is 11.8 Å². The minimum atomic E-state index is -1.66. The van der Waals surface area contributed by atoms with Gasteiger partial charge in [0.05, 0.1) is 6.20 Å². The highest BCUT2D eigenvalue weighted by atomic mass is 19.1. The number of alkyl halides is 1. The van der Waals surface area contributed by atoms with Crippen molar-refractivity contribution in [2.45, 2.75) is 44.2 Å². The lowest BCUT2D eigenvalue weighted by molar-refractivity contribution is -0.146. The molecule has 1 aromatic heterocycles. The van der Waals surface area contributed by atoms with Gasteiger partial charge >= 0.3 is 0 Å². The highest BCUT2D eigenvalue weighted by molar-refractivity contribution is 5.92. The van der Waals surface area contributed by atoms with Gasteiger partial charge in [0.2, 0.25) is 0 Å². The van der Waals surface area contributed by atoms with Crippen molar-refractivity contribution in [1.82, 2.24) is 24.8 Å². The van der Waals surface area contributed by atoms with E-state index in [1.807, 2.05) is 0 Å². The van der Waals surface area contributed by atoms with Crippen LogP contribution in [0.5, 0.6) is 0 Å². The number of amides is 2. The zero-order valence-corrected chi connectivity index (χ0v) is 14.6. The van der Waals surface area contributed by atoms with Crippen LogP contribution in [0.4, 0.5) is 4.39 Å². The summed E-state index contributed by atoms with van der Waals surface area (Å²) in [6.45, 7) is 2.36. The Bertz CT molecular complexity index is 691. The van der Waals surface area contributed by atoms with Gasteiger partial charge in [0, 0.05) is 38.6 Å². The first kappa shape index (κ1) is 16.5. The van der Waals surface area contributed by atoms with Crippen LogP contribution in [0.3, 0.4) is 0 Å². The van der Waals surface area contributed by atoms with Crippen LogP contribution in [-0.4, -0.2) is 68.5 Å². The van der Waals surface area contributed by atoms with Crippen LogP contribution in [0.2, 0.25) is 0 Å². The van der Waals surface area contributed by atoms with Crippen LogP contribution >= 0.6 is 0 Å². The molecule has 0 radical (unpaired) electrons. The first-order valence-corrected chi connectivity index (χ1v) is 9.05. The molecule has 3 heterocycles. The lowest BCUT2D eigenvalue weighted by atomic mass is 9.78. The first-order valence-electron chi connectivity index (χ1n) is 9.05. The number of hydrogen-bond acceptors (Lipinski definition) is 4. The van der Waals surface area contributed by atoms with Crippen LogP contribution in [0.15, 0.2) is 6.20 Å². The van der Waals surface area contributed by atoms with Crippen molar-refractivity contribution in [2.75, 3.05) is 26.2 Å². The van der Waals surface area contributed by atoms with Crippen LogP contribution in [0, 0.1) is 5.41 Å². The molecule has 1 saturated carbocycles. The van der Waals surface area contributed by atoms with Gasteiger partial charge < -0.3 is 9.80 Å². The van der Waals surface area contributed by atoms with Gasteiger partial charge in [-0.1, -0.05) is 6.42 Å². The predicted molar refractivity (Wildman–Crippen MR) is 87.5 cm³/mol. The average Bonchev–Trinajstić information content (AvgIpc) is 3.19. The molecule has 1 spiro atoms. The third kappa shape index (κ3) is 2.81. The molecule has 0 bridgehead atoms. The van der Waals surface area contributed by atoms with Crippen molar-refractivity contribution in [3.05, 3.63) is 11.9 Å². The van der Waals surface area contributed by atoms with E-state index in [9.17, 15) is 14.0 Å². The van der Waals surface area contributed by atoms with Gasteiger partial charge in [-0.25, -0.2) is 4.39 Å². The van der Waals surface area contributed by atoms with Gasteiger partial charge in [-0.05, 0) is 32.1 Å². The summed E-state index contributed by atoms with van der Waals surface area (Å²) in [5, 5.41) is 7.97. The van der Waals surface area contributed by atoms with Crippen molar-refractivity contribution in [3.8, 4) is 0 Å². The molecule has 3 fully saturated rings. The number of nitrogens with zero attached hydrogens (tertiary/aromatic N) is 5. The van der Waals surface area contributed by atoms with Gasteiger partial charge in [-0.15, -0.1) is 5.10 Å². The number of carbonyl (C=O) groups is 2. The van der Waals surface area contributed by atoms with E-state index in [1.54, 1.807) is 16.8 Å². The molecule has 25 heavy (non-hydrogen) atoms. The monoisotopic (exact) mass is 349 g/mol. The molecule has 2 aliphatic heterocycles. The van der Waals surface area contributed by atoms with E-state index >= 15 is 0 Å². The zero-order chi connectivity index (χ0) is 17.7. The number of halogens is 1. The summed E-state index contributed by atoms with van der Waals surface area (Å²) in [7, 11) is 1.67. The molecule has 2 amide bonds. The largest absolute Gasteiger partial charge is 0.339 e. The van der Waals surface area contributed by atoms with E-state index in [-0.39, 0.29) is 17.2 Å². The number of hydrogen-bond donors (Lipinski definition) is 0. The van der Waals surface area contributed by atoms with Crippen LogP contribution in [0.1, 0.15) is 49.0 Å². The lowest BCUT2D eigenvalue weighted by Gasteiger charge is -2.47. The molecule has 1 aromatic rings. The summed E-state index contributed by atoms with van der Waals surface area (Å²) < 4.78 is 14.9. The molecule has 1 aliphatic carbocycles. The Morgan fingerprint density at radius 3 is 2.40 bits per heavy atom. The molecular formula is C17H24FN5O2. The maximum absolute atomic E-state index is 14.9. The van der Waals surface area contributed by atoms with E-state index in [4.69, 9.17) is 0 Å². The molecule has 0 aromatic carbocycles. The van der Waals surface area contributed by atoms with Crippen LogP contribution in [0.25, 0.3) is 0 Å². The maximum Gasteiger partial charge on any atom is 0.276 e. The van der Waals surface area contributed by atoms with Crippen molar-refractivity contribution in [2.24, 2.45) is 12.5 Å². The molecule has 136 valence electrons. The average molecular weight is 349 g/mol. The van der Waals surface area contributed by atoms with E-state index in [0.29, 0.717) is 44.7 Å². The number of rotatable bonds is 2. The fourth-order valence-electron chi connectivity index (χ4n) is 4.49. The fraction of sp³-hybridized carbons (Fsp3) is 0.765. The standard InChI is InChI=1S/C17H24FN5O2/c1-21-19-9-13(20-21)14(24)23-11-16(12-23)7-8-22(10-16)15(25)17(18)5-3-2-4-6-17/h9H,2-8,10-12H2,1H3. The minimum absolute atomic E-state index is 0.0709. The van der Waals surface area contributed by atoms with E-state index < -0.39 is 5.67 Å². The normalized spacial score (nSPS) is 24.4. The zero-order valence-electron chi connectivity index (χ0n) is 14.6. The summed E-state index contributed by atoms with van der Waals surface area (Å²) in [5.74, 6) is -0.458. The molecule has 7 nitrogen and oxygen atoms in total. The van der Waals surface area contributed by atoms with Crippen molar-refractivity contribution < 1.29 is 14.0 Å².